The van der Waals surface area contributed by atoms with E-state index in [1.54, 1.807) is 0 Å². The standard InChI is InChI=1S/C23H29NO4/c1-14-12-13-19(27-14)22-20(23(26)28-16-8-5-3-4-6-9-16)15(2)24-17-10-7-11-18(25)21(17)22/h12-13,16,22,24H,3-11H2,1-2H3/t22-/m1/s1. The summed E-state index contributed by atoms with van der Waals surface area (Å²) in [6, 6.07) is 3.76. The summed E-state index contributed by atoms with van der Waals surface area (Å²) in [6.45, 7) is 3.78. The summed E-state index contributed by atoms with van der Waals surface area (Å²) in [4.78, 5) is 26.1. The SMILES string of the molecule is CC1=C(C(=O)OC2CCCCCC2)[C@@H](c2ccc(C)o2)C2=C(CCCC2=O)N1. The van der Waals surface area contributed by atoms with Crippen LogP contribution in [-0.2, 0) is 14.3 Å². The van der Waals surface area contributed by atoms with Crippen molar-refractivity contribution in [1.82, 2.24) is 5.32 Å². The monoisotopic (exact) mass is 383 g/mol. The van der Waals surface area contributed by atoms with Gasteiger partial charge in [-0.3, -0.25) is 4.79 Å². The highest BCUT2D eigenvalue weighted by atomic mass is 16.5. The number of carbonyl (C=O) groups excluding carboxylic acids is 2. The van der Waals surface area contributed by atoms with Crippen LogP contribution in [0.2, 0.25) is 0 Å². The average molecular weight is 383 g/mol. The predicted octanol–water partition coefficient (Wildman–Crippen LogP) is 4.82. The molecule has 3 aliphatic rings. The molecule has 1 aromatic heterocycles. The van der Waals surface area contributed by atoms with E-state index >= 15 is 0 Å². The van der Waals surface area contributed by atoms with E-state index < -0.39 is 5.92 Å². The van der Waals surface area contributed by atoms with Crippen LogP contribution in [-0.4, -0.2) is 17.9 Å². The van der Waals surface area contributed by atoms with Crippen molar-refractivity contribution in [3.63, 3.8) is 0 Å². The lowest BCUT2D eigenvalue weighted by molar-refractivity contribution is -0.145. The Balaban J connectivity index is 1.69. The normalized spacial score (nSPS) is 23.9. The van der Waals surface area contributed by atoms with Crippen LogP contribution in [0.3, 0.4) is 0 Å². The van der Waals surface area contributed by atoms with Gasteiger partial charge in [0.1, 0.15) is 17.6 Å². The lowest BCUT2D eigenvalue weighted by Crippen LogP contribution is -2.35. The van der Waals surface area contributed by atoms with Gasteiger partial charge in [-0.25, -0.2) is 4.79 Å². The highest BCUT2D eigenvalue weighted by Gasteiger charge is 2.41. The van der Waals surface area contributed by atoms with Gasteiger partial charge in [0.15, 0.2) is 5.78 Å². The molecule has 4 rings (SSSR count). The van der Waals surface area contributed by atoms with Crippen molar-refractivity contribution >= 4 is 11.8 Å². The Bertz CT molecular complexity index is 837. The largest absolute Gasteiger partial charge is 0.465 e. The van der Waals surface area contributed by atoms with Crippen LogP contribution in [0.25, 0.3) is 0 Å². The number of Topliss-reactive ketones (excluding diaryl/α,β-unsaturated/α-hetero) is 1. The van der Waals surface area contributed by atoms with Gasteiger partial charge in [-0.05, 0) is 64.5 Å². The maximum absolute atomic E-state index is 13.3. The number of aryl methyl sites for hydroxylation is 1. The Labute approximate surface area is 166 Å². The Hall–Kier alpha value is -2.30. The molecule has 2 heterocycles. The number of hydrogen-bond donors (Lipinski definition) is 1. The molecule has 0 unspecified atom stereocenters. The van der Waals surface area contributed by atoms with Gasteiger partial charge >= 0.3 is 5.97 Å². The van der Waals surface area contributed by atoms with E-state index in [4.69, 9.17) is 9.15 Å². The molecular formula is C23H29NO4. The first-order valence-electron chi connectivity index (χ1n) is 10.6. The third-order valence-corrected chi connectivity index (χ3v) is 6.12. The summed E-state index contributed by atoms with van der Waals surface area (Å²) in [6.07, 6.45) is 8.58. The average Bonchev–Trinajstić information content (AvgIpc) is 2.92. The summed E-state index contributed by atoms with van der Waals surface area (Å²) < 4.78 is 11.8. The van der Waals surface area contributed by atoms with Crippen LogP contribution in [0.15, 0.2) is 39.1 Å². The molecule has 0 bridgehead atoms. The van der Waals surface area contributed by atoms with Gasteiger partial charge in [-0.1, -0.05) is 12.8 Å². The number of rotatable bonds is 3. The molecule has 0 radical (unpaired) electrons. The second-order valence-corrected chi connectivity index (χ2v) is 8.23. The number of nitrogens with one attached hydrogen (secondary N) is 1. The molecule has 1 fully saturated rings. The van der Waals surface area contributed by atoms with Gasteiger partial charge in [0.05, 0.1) is 11.5 Å². The Morgan fingerprint density at radius 1 is 1.07 bits per heavy atom. The molecule has 0 amide bonds. The van der Waals surface area contributed by atoms with E-state index in [2.05, 4.69) is 5.32 Å². The van der Waals surface area contributed by atoms with Crippen molar-refractivity contribution < 1.29 is 18.7 Å². The summed E-state index contributed by atoms with van der Waals surface area (Å²) in [5.74, 6) is 0.721. The van der Waals surface area contributed by atoms with Crippen LogP contribution in [0.4, 0.5) is 0 Å². The Morgan fingerprint density at radius 3 is 2.50 bits per heavy atom. The molecular weight excluding hydrogens is 354 g/mol. The minimum absolute atomic E-state index is 0.0354. The van der Waals surface area contributed by atoms with Gasteiger partial charge < -0.3 is 14.5 Å². The molecule has 1 saturated carbocycles. The predicted molar refractivity (Wildman–Crippen MR) is 105 cm³/mol. The smallest absolute Gasteiger partial charge is 0.337 e. The van der Waals surface area contributed by atoms with E-state index in [9.17, 15) is 9.59 Å². The minimum Gasteiger partial charge on any atom is -0.465 e. The quantitative estimate of drug-likeness (QED) is 0.598. The molecule has 0 spiro atoms. The van der Waals surface area contributed by atoms with E-state index in [-0.39, 0.29) is 17.9 Å². The zero-order valence-corrected chi connectivity index (χ0v) is 16.8. The van der Waals surface area contributed by atoms with Crippen LogP contribution < -0.4 is 5.32 Å². The van der Waals surface area contributed by atoms with E-state index in [0.29, 0.717) is 23.3 Å². The minimum atomic E-state index is -0.476. The molecule has 0 aromatic carbocycles. The maximum atomic E-state index is 13.3. The van der Waals surface area contributed by atoms with Crippen molar-refractivity contribution in [3.8, 4) is 0 Å². The number of carbonyl (C=O) groups is 2. The van der Waals surface area contributed by atoms with Gasteiger partial charge in [0.25, 0.3) is 0 Å². The van der Waals surface area contributed by atoms with Crippen molar-refractivity contribution in [2.45, 2.75) is 83.7 Å². The first kappa shape index (κ1) is 19.0. The van der Waals surface area contributed by atoms with Crippen molar-refractivity contribution in [2.75, 3.05) is 0 Å². The van der Waals surface area contributed by atoms with Gasteiger partial charge in [0, 0.05) is 23.4 Å². The third kappa shape index (κ3) is 3.67. The number of ether oxygens (including phenoxy) is 1. The van der Waals surface area contributed by atoms with Gasteiger partial charge in [-0.15, -0.1) is 0 Å². The highest BCUT2D eigenvalue weighted by Crippen LogP contribution is 2.43. The fraction of sp³-hybridized carbons (Fsp3) is 0.565. The molecule has 2 aliphatic carbocycles. The number of furan rings is 1. The fourth-order valence-electron chi connectivity index (χ4n) is 4.72. The molecule has 1 N–H and O–H groups in total. The number of ketones is 1. The summed E-state index contributed by atoms with van der Waals surface area (Å²) >= 11 is 0. The molecule has 28 heavy (non-hydrogen) atoms. The zero-order chi connectivity index (χ0) is 19.7. The maximum Gasteiger partial charge on any atom is 0.337 e. The summed E-state index contributed by atoms with van der Waals surface area (Å²) in [5, 5.41) is 3.33. The Morgan fingerprint density at radius 2 is 1.82 bits per heavy atom. The lowest BCUT2D eigenvalue weighted by Gasteiger charge is -2.33. The fourth-order valence-corrected chi connectivity index (χ4v) is 4.72. The van der Waals surface area contributed by atoms with Crippen LogP contribution in [0, 0.1) is 6.92 Å². The van der Waals surface area contributed by atoms with Crippen molar-refractivity contribution in [1.29, 1.82) is 0 Å². The van der Waals surface area contributed by atoms with Crippen LogP contribution in [0.5, 0.6) is 0 Å². The number of dihydropyridines is 1. The number of esters is 1. The second-order valence-electron chi connectivity index (χ2n) is 8.23. The van der Waals surface area contributed by atoms with Crippen molar-refractivity contribution in [3.05, 3.63) is 46.2 Å². The van der Waals surface area contributed by atoms with Crippen LogP contribution in [0.1, 0.15) is 82.1 Å². The van der Waals surface area contributed by atoms with Crippen LogP contribution >= 0.6 is 0 Å². The molecule has 0 saturated heterocycles. The van der Waals surface area contributed by atoms with Crippen molar-refractivity contribution in [2.24, 2.45) is 0 Å². The molecule has 150 valence electrons. The Kier molecular flexibility index (Phi) is 5.42. The molecule has 1 aliphatic heterocycles. The summed E-state index contributed by atoms with van der Waals surface area (Å²) in [7, 11) is 0. The lowest BCUT2D eigenvalue weighted by atomic mass is 9.77. The number of allylic oxidation sites excluding steroid dienone is 3. The van der Waals surface area contributed by atoms with E-state index in [1.165, 1.54) is 12.8 Å². The van der Waals surface area contributed by atoms with Gasteiger partial charge in [0.2, 0.25) is 0 Å². The molecule has 5 heteroatoms. The number of hydrogen-bond acceptors (Lipinski definition) is 5. The zero-order valence-electron chi connectivity index (χ0n) is 16.8. The topological polar surface area (TPSA) is 68.5 Å². The summed E-state index contributed by atoms with van der Waals surface area (Å²) in [5.41, 5.74) is 2.90. The third-order valence-electron chi connectivity index (χ3n) is 6.12. The molecule has 5 nitrogen and oxygen atoms in total. The highest BCUT2D eigenvalue weighted by molar-refractivity contribution is 6.03. The second kappa shape index (κ2) is 7.98. The van der Waals surface area contributed by atoms with E-state index in [1.807, 2.05) is 26.0 Å². The van der Waals surface area contributed by atoms with E-state index in [0.717, 1.165) is 55.7 Å². The molecule has 1 atom stereocenters. The first-order valence-corrected chi connectivity index (χ1v) is 10.6. The van der Waals surface area contributed by atoms with Gasteiger partial charge in [-0.2, -0.15) is 0 Å². The molecule has 1 aromatic rings. The first-order chi connectivity index (χ1) is 13.5.